The number of nitrogens with zero attached hydrogens (tertiary/aromatic N) is 4. The third-order valence-electron chi connectivity index (χ3n) is 5.31. The first-order valence-electron chi connectivity index (χ1n) is 9.53. The van der Waals surface area contributed by atoms with Crippen molar-refractivity contribution in [2.24, 2.45) is 0 Å². The highest BCUT2D eigenvalue weighted by molar-refractivity contribution is 5.62. The highest BCUT2D eigenvalue weighted by atomic mass is 19.4. The van der Waals surface area contributed by atoms with Crippen LogP contribution in [0.25, 0.3) is 0 Å². The molecule has 1 fully saturated rings. The molecule has 0 radical (unpaired) electrons. The predicted octanol–water partition coefficient (Wildman–Crippen LogP) is 3.57. The lowest BCUT2D eigenvalue weighted by Gasteiger charge is -2.39. The quantitative estimate of drug-likeness (QED) is 0.658. The average molecular weight is 448 g/mol. The number of anilines is 3. The average Bonchev–Trinajstić information content (AvgIpc) is 2.72. The number of rotatable bonds is 2. The second kappa shape index (κ2) is 7.74. The van der Waals surface area contributed by atoms with Crippen molar-refractivity contribution in [3.8, 4) is 0 Å². The Balaban J connectivity index is 1.83. The third kappa shape index (κ3) is 4.21. The summed E-state index contributed by atoms with van der Waals surface area (Å²) in [6.45, 7) is 1.39. The number of halogens is 6. The monoisotopic (exact) mass is 448 g/mol. The highest BCUT2D eigenvalue weighted by Crippen LogP contribution is 2.40. The number of ether oxygens (including phenoxy) is 1. The van der Waals surface area contributed by atoms with Crippen molar-refractivity contribution in [3.63, 3.8) is 0 Å². The van der Waals surface area contributed by atoms with E-state index in [1.165, 1.54) is 6.07 Å². The molecule has 2 aliphatic rings. The van der Waals surface area contributed by atoms with E-state index < -0.39 is 35.9 Å². The van der Waals surface area contributed by atoms with Crippen LogP contribution in [0.2, 0.25) is 0 Å². The molecule has 1 unspecified atom stereocenters. The molecule has 0 saturated carbocycles. The molecule has 12 heteroatoms. The van der Waals surface area contributed by atoms with Crippen molar-refractivity contribution in [1.29, 1.82) is 0 Å². The Morgan fingerprint density at radius 1 is 0.968 bits per heavy atom. The van der Waals surface area contributed by atoms with Crippen LogP contribution in [0.4, 0.5) is 43.8 Å². The fourth-order valence-electron chi connectivity index (χ4n) is 3.77. The molecule has 1 atom stereocenters. The first-order chi connectivity index (χ1) is 14.6. The van der Waals surface area contributed by atoms with Gasteiger partial charge in [0.2, 0.25) is 5.95 Å². The Labute approximate surface area is 172 Å². The first kappa shape index (κ1) is 21.5. The zero-order valence-electron chi connectivity index (χ0n) is 16.1. The van der Waals surface area contributed by atoms with E-state index in [4.69, 9.17) is 4.74 Å². The van der Waals surface area contributed by atoms with Gasteiger partial charge in [-0.15, -0.1) is 0 Å². The fourth-order valence-corrected chi connectivity index (χ4v) is 3.77. The Kier molecular flexibility index (Phi) is 5.36. The molecule has 3 heterocycles. The number of morpholine rings is 1. The zero-order chi connectivity index (χ0) is 22.4. The van der Waals surface area contributed by atoms with Crippen molar-refractivity contribution in [3.05, 3.63) is 46.2 Å². The van der Waals surface area contributed by atoms with Crippen LogP contribution in [0.1, 0.15) is 12.0 Å². The molecular weight excluding hydrogens is 430 g/mol. The lowest BCUT2D eigenvalue weighted by molar-refractivity contribution is -0.150. The van der Waals surface area contributed by atoms with Gasteiger partial charge < -0.3 is 9.64 Å². The first-order valence-corrected chi connectivity index (χ1v) is 9.53. The van der Waals surface area contributed by atoms with Gasteiger partial charge in [-0.25, -0.2) is 0 Å². The third-order valence-corrected chi connectivity index (χ3v) is 5.31. The highest BCUT2D eigenvalue weighted by Gasteiger charge is 2.47. The summed E-state index contributed by atoms with van der Waals surface area (Å²) in [5.74, 6) is -0.0402. The number of hydrogen-bond acceptors (Lipinski definition) is 5. The summed E-state index contributed by atoms with van der Waals surface area (Å²) in [6.07, 6.45) is -9.74. The van der Waals surface area contributed by atoms with Crippen molar-refractivity contribution in [2.75, 3.05) is 36.1 Å². The van der Waals surface area contributed by atoms with Gasteiger partial charge in [0.25, 0.3) is 5.56 Å². The summed E-state index contributed by atoms with van der Waals surface area (Å²) in [4.78, 5) is 19.5. The topological polar surface area (TPSA) is 50.6 Å². The van der Waals surface area contributed by atoms with E-state index in [0.717, 1.165) is 21.6 Å². The fraction of sp³-hybridized carbons (Fsp3) is 0.474. The van der Waals surface area contributed by atoms with Crippen molar-refractivity contribution in [1.82, 2.24) is 9.55 Å². The van der Waals surface area contributed by atoms with Crippen LogP contribution in [-0.4, -0.2) is 48.1 Å². The molecule has 168 valence electrons. The van der Waals surface area contributed by atoms with Crippen LogP contribution in [-0.2, 0) is 17.5 Å². The maximum absolute atomic E-state index is 13.8. The molecule has 2 aromatic rings. The molecule has 4 rings (SSSR count). The van der Waals surface area contributed by atoms with E-state index in [9.17, 15) is 31.1 Å². The van der Waals surface area contributed by atoms with Gasteiger partial charge in [0.05, 0.1) is 18.8 Å². The molecule has 6 nitrogen and oxygen atoms in total. The van der Waals surface area contributed by atoms with Gasteiger partial charge >= 0.3 is 12.4 Å². The van der Waals surface area contributed by atoms with Gasteiger partial charge in [-0.3, -0.25) is 14.3 Å². The number of aromatic nitrogens is 2. The zero-order valence-corrected chi connectivity index (χ0v) is 16.1. The molecular formula is C19H18F6N4O2. The minimum Gasteiger partial charge on any atom is -0.378 e. The maximum Gasteiger partial charge on any atom is 0.416 e. The molecule has 1 aromatic carbocycles. The minimum atomic E-state index is -4.68. The summed E-state index contributed by atoms with van der Waals surface area (Å²) in [5.41, 5.74) is -1.64. The van der Waals surface area contributed by atoms with Gasteiger partial charge in [-0.1, -0.05) is 0 Å². The molecule has 0 aliphatic carbocycles. The number of fused-ring (bicyclic) bond motifs is 1. The molecule has 0 bridgehead atoms. The van der Waals surface area contributed by atoms with E-state index in [1.807, 2.05) is 0 Å². The lowest BCUT2D eigenvalue weighted by atomic mass is 10.1. The number of alkyl halides is 6. The van der Waals surface area contributed by atoms with Crippen LogP contribution in [0.15, 0.2) is 35.1 Å². The van der Waals surface area contributed by atoms with Crippen molar-refractivity contribution >= 4 is 17.5 Å². The van der Waals surface area contributed by atoms with Gasteiger partial charge in [0, 0.05) is 31.4 Å². The Morgan fingerprint density at radius 2 is 1.61 bits per heavy atom. The summed E-state index contributed by atoms with van der Waals surface area (Å²) in [6, 6.07) is 2.58. The summed E-state index contributed by atoms with van der Waals surface area (Å²) in [5, 5.41) is 0. The molecule has 1 aromatic heterocycles. The number of hydrogen-bond donors (Lipinski definition) is 0. The van der Waals surface area contributed by atoms with E-state index in [1.54, 1.807) is 4.90 Å². The van der Waals surface area contributed by atoms with Gasteiger partial charge in [-0.2, -0.15) is 31.3 Å². The molecule has 0 amide bonds. The van der Waals surface area contributed by atoms with E-state index >= 15 is 0 Å². The van der Waals surface area contributed by atoms with Crippen LogP contribution in [0.5, 0.6) is 0 Å². The minimum absolute atomic E-state index is 0.130. The van der Waals surface area contributed by atoms with Gasteiger partial charge in [0.15, 0.2) is 0 Å². The van der Waals surface area contributed by atoms with E-state index in [2.05, 4.69) is 4.98 Å². The van der Waals surface area contributed by atoms with Crippen LogP contribution in [0.3, 0.4) is 0 Å². The Hall–Kier alpha value is -2.76. The molecule has 1 saturated heterocycles. The van der Waals surface area contributed by atoms with Crippen molar-refractivity contribution in [2.45, 2.75) is 31.4 Å². The van der Waals surface area contributed by atoms with Crippen LogP contribution in [0, 0.1) is 0 Å². The smallest absolute Gasteiger partial charge is 0.378 e. The summed E-state index contributed by atoms with van der Waals surface area (Å²) >= 11 is 0. The largest absolute Gasteiger partial charge is 0.416 e. The Morgan fingerprint density at radius 3 is 2.19 bits per heavy atom. The Bertz CT molecular complexity index is 996. The predicted molar refractivity (Wildman–Crippen MR) is 99.6 cm³/mol. The van der Waals surface area contributed by atoms with Gasteiger partial charge in [-0.05, 0) is 30.7 Å². The van der Waals surface area contributed by atoms with Crippen molar-refractivity contribution < 1.29 is 31.1 Å². The summed E-state index contributed by atoms with van der Waals surface area (Å²) in [7, 11) is 0. The molecule has 31 heavy (non-hydrogen) atoms. The molecule has 2 aliphatic heterocycles. The number of benzene rings is 1. The standard InChI is InChI=1S/C19H18F6N4O2/c20-18(21,22)12-1-3-13(4-2-12)29-14(19(23,24)25)5-6-28-16(30)11-15(26-17(28)29)27-7-9-31-10-8-27/h1-4,11,14H,5-10H2. The lowest BCUT2D eigenvalue weighted by Crippen LogP contribution is -2.50. The van der Waals surface area contributed by atoms with Crippen LogP contribution < -0.4 is 15.4 Å². The molecule has 0 spiro atoms. The van der Waals surface area contributed by atoms with Gasteiger partial charge in [0.1, 0.15) is 11.9 Å². The maximum atomic E-state index is 13.8. The van der Waals surface area contributed by atoms with E-state index in [0.29, 0.717) is 38.4 Å². The second-order valence-electron chi connectivity index (χ2n) is 7.26. The van der Waals surface area contributed by atoms with E-state index in [-0.39, 0.29) is 24.0 Å². The SMILES string of the molecule is O=c1cc(N2CCOCC2)nc2n1CCC(C(F)(F)F)N2c1ccc(C(F)(F)F)cc1. The normalized spacial score (nSPS) is 20.0. The second-order valence-corrected chi connectivity index (χ2v) is 7.26. The van der Waals surface area contributed by atoms with Crippen LogP contribution >= 0.6 is 0 Å². The molecule has 0 N–H and O–H groups in total. The summed E-state index contributed by atoms with van der Waals surface area (Å²) < 4.78 is 86.6.